The third kappa shape index (κ3) is 1.94. The summed E-state index contributed by atoms with van der Waals surface area (Å²) in [6, 6.07) is 0. The minimum atomic E-state index is -0.264. The van der Waals surface area contributed by atoms with Crippen molar-refractivity contribution in [2.75, 3.05) is 0 Å². The number of hydrogen-bond donors (Lipinski definition) is 0. The van der Waals surface area contributed by atoms with Gasteiger partial charge in [-0.15, -0.1) is 0 Å². The van der Waals surface area contributed by atoms with Crippen LogP contribution in [-0.2, 0) is 9.53 Å². The van der Waals surface area contributed by atoms with Crippen LogP contribution in [-0.4, -0.2) is 11.6 Å². The van der Waals surface area contributed by atoms with Crippen LogP contribution in [0.4, 0.5) is 0 Å². The Labute approximate surface area is 104 Å². The number of carbonyl (C=O) groups excluding carboxylic acids is 1. The second-order valence-electron chi connectivity index (χ2n) is 5.98. The summed E-state index contributed by atoms with van der Waals surface area (Å²) in [5, 5.41) is 0. The Kier molecular flexibility index (Phi) is 2.92. The lowest BCUT2D eigenvalue weighted by atomic mass is 9.77. The highest BCUT2D eigenvalue weighted by molar-refractivity contribution is 5.90. The predicted octanol–water partition coefficient (Wildman–Crippen LogP) is 3.63. The van der Waals surface area contributed by atoms with Gasteiger partial charge >= 0.3 is 5.97 Å². The number of hydrogen-bond acceptors (Lipinski definition) is 2. The summed E-state index contributed by atoms with van der Waals surface area (Å²) < 4.78 is 5.71. The van der Waals surface area contributed by atoms with Crippen molar-refractivity contribution < 1.29 is 9.53 Å². The van der Waals surface area contributed by atoms with E-state index in [1.807, 2.05) is 13.8 Å². The van der Waals surface area contributed by atoms with Gasteiger partial charge < -0.3 is 4.74 Å². The average Bonchev–Trinajstić information content (AvgIpc) is 2.52. The van der Waals surface area contributed by atoms with Crippen molar-refractivity contribution in [3.8, 4) is 0 Å². The molecule has 0 bridgehead atoms. The fourth-order valence-corrected chi connectivity index (χ4v) is 3.31. The Balaban J connectivity index is 2.34. The van der Waals surface area contributed by atoms with E-state index in [1.165, 1.54) is 5.57 Å². The van der Waals surface area contributed by atoms with Gasteiger partial charge in [0.2, 0.25) is 0 Å². The molecule has 2 aliphatic rings. The van der Waals surface area contributed by atoms with Crippen molar-refractivity contribution >= 4 is 5.97 Å². The fraction of sp³-hybridized carbons (Fsp3) is 0.667. The van der Waals surface area contributed by atoms with Crippen LogP contribution in [0.15, 0.2) is 23.3 Å². The Bertz CT molecular complexity index is 401. The summed E-state index contributed by atoms with van der Waals surface area (Å²) in [5.74, 6) is 0.816. The van der Waals surface area contributed by atoms with Crippen LogP contribution < -0.4 is 0 Å². The zero-order chi connectivity index (χ0) is 12.8. The minimum absolute atomic E-state index is 0.105. The maximum Gasteiger partial charge on any atom is 0.334 e. The van der Waals surface area contributed by atoms with Crippen molar-refractivity contribution in [1.82, 2.24) is 0 Å². The molecule has 0 amide bonds. The molecule has 0 aromatic heterocycles. The summed E-state index contributed by atoms with van der Waals surface area (Å²) >= 11 is 0. The largest absolute Gasteiger partial charge is 0.456 e. The summed E-state index contributed by atoms with van der Waals surface area (Å²) in [6.45, 7) is 12.2. The summed E-state index contributed by atoms with van der Waals surface area (Å²) in [7, 11) is 0. The second-order valence-corrected chi connectivity index (χ2v) is 5.98. The molecule has 0 N–H and O–H groups in total. The van der Waals surface area contributed by atoms with Gasteiger partial charge in [-0.25, -0.2) is 4.79 Å². The minimum Gasteiger partial charge on any atom is -0.456 e. The van der Waals surface area contributed by atoms with E-state index in [9.17, 15) is 4.79 Å². The molecular formula is C15H22O2. The van der Waals surface area contributed by atoms with Gasteiger partial charge in [0.25, 0.3) is 0 Å². The molecule has 2 fully saturated rings. The second kappa shape index (κ2) is 4.01. The Hall–Kier alpha value is -1.05. The normalized spacial score (nSPS) is 36.5. The highest BCUT2D eigenvalue weighted by Gasteiger charge is 2.51. The third-order valence-electron chi connectivity index (χ3n) is 4.45. The quantitative estimate of drug-likeness (QED) is 0.393. The fourth-order valence-electron chi connectivity index (χ4n) is 3.31. The SMILES string of the molecule is C=C(C)[C@H]1CC[C@]2(C)OC(=O)C(=C(C)C)C[C@H]12. The molecule has 1 saturated heterocycles. The first-order valence-electron chi connectivity index (χ1n) is 6.40. The van der Waals surface area contributed by atoms with E-state index in [0.29, 0.717) is 11.8 Å². The highest BCUT2D eigenvalue weighted by Crippen LogP contribution is 2.51. The molecule has 2 heteroatoms. The number of rotatable bonds is 1. The molecule has 17 heavy (non-hydrogen) atoms. The molecule has 0 spiro atoms. The van der Waals surface area contributed by atoms with Crippen LogP contribution in [0.3, 0.4) is 0 Å². The molecule has 0 aromatic carbocycles. The molecule has 2 rings (SSSR count). The van der Waals surface area contributed by atoms with Crippen molar-refractivity contribution in [3.05, 3.63) is 23.3 Å². The Morgan fingerprint density at radius 3 is 2.59 bits per heavy atom. The first-order chi connectivity index (χ1) is 7.85. The topological polar surface area (TPSA) is 26.3 Å². The van der Waals surface area contributed by atoms with Gasteiger partial charge in [0, 0.05) is 11.5 Å². The van der Waals surface area contributed by atoms with Crippen molar-refractivity contribution in [2.24, 2.45) is 11.8 Å². The predicted molar refractivity (Wildman–Crippen MR) is 68.5 cm³/mol. The monoisotopic (exact) mass is 234 g/mol. The zero-order valence-electron chi connectivity index (χ0n) is 11.3. The van der Waals surface area contributed by atoms with E-state index in [-0.39, 0.29) is 11.6 Å². The van der Waals surface area contributed by atoms with Gasteiger partial charge in [0.05, 0.1) is 0 Å². The molecular weight excluding hydrogens is 212 g/mol. The van der Waals surface area contributed by atoms with Gasteiger partial charge in [-0.05, 0) is 52.9 Å². The molecule has 0 unspecified atom stereocenters. The molecule has 3 atom stereocenters. The summed E-state index contributed by atoms with van der Waals surface area (Å²) in [5.41, 5.74) is 2.93. The van der Waals surface area contributed by atoms with Crippen LogP contribution in [0.5, 0.6) is 0 Å². The van der Waals surface area contributed by atoms with Crippen LogP contribution in [0.1, 0.15) is 47.0 Å². The van der Waals surface area contributed by atoms with Crippen molar-refractivity contribution in [1.29, 1.82) is 0 Å². The number of esters is 1. The van der Waals surface area contributed by atoms with E-state index in [1.54, 1.807) is 0 Å². The van der Waals surface area contributed by atoms with Gasteiger partial charge in [-0.3, -0.25) is 0 Å². The Morgan fingerprint density at radius 2 is 2.06 bits per heavy atom. The van der Waals surface area contributed by atoms with E-state index in [0.717, 1.165) is 30.4 Å². The van der Waals surface area contributed by atoms with Gasteiger partial charge in [-0.1, -0.05) is 17.7 Å². The standard InChI is InChI=1S/C15H22O2/c1-9(2)11-6-7-15(5)13(11)8-12(10(3)4)14(16)17-15/h11,13H,1,6-8H2,2-5H3/t11-,13-,15+/m1/s1. The molecule has 2 nitrogen and oxygen atoms in total. The lowest BCUT2D eigenvalue weighted by molar-refractivity contribution is -0.163. The number of fused-ring (bicyclic) bond motifs is 1. The number of allylic oxidation sites excluding steroid dienone is 2. The van der Waals surface area contributed by atoms with Crippen LogP contribution in [0.25, 0.3) is 0 Å². The molecule has 0 radical (unpaired) electrons. The number of ether oxygens (including phenoxy) is 1. The third-order valence-corrected chi connectivity index (χ3v) is 4.45. The molecule has 1 heterocycles. The van der Waals surface area contributed by atoms with E-state index in [2.05, 4.69) is 20.4 Å². The van der Waals surface area contributed by atoms with Crippen LogP contribution in [0, 0.1) is 11.8 Å². The molecule has 1 aliphatic carbocycles. The van der Waals surface area contributed by atoms with E-state index < -0.39 is 0 Å². The molecule has 1 saturated carbocycles. The lowest BCUT2D eigenvalue weighted by Crippen LogP contribution is -2.43. The smallest absolute Gasteiger partial charge is 0.334 e. The maximum absolute atomic E-state index is 12.0. The first-order valence-corrected chi connectivity index (χ1v) is 6.40. The lowest BCUT2D eigenvalue weighted by Gasteiger charge is -2.39. The van der Waals surface area contributed by atoms with Crippen molar-refractivity contribution in [2.45, 2.75) is 52.6 Å². The highest BCUT2D eigenvalue weighted by atomic mass is 16.6. The van der Waals surface area contributed by atoms with E-state index >= 15 is 0 Å². The average molecular weight is 234 g/mol. The van der Waals surface area contributed by atoms with Gasteiger partial charge in [0.15, 0.2) is 0 Å². The van der Waals surface area contributed by atoms with Gasteiger partial charge in [0.1, 0.15) is 5.60 Å². The maximum atomic E-state index is 12.0. The molecule has 1 aliphatic heterocycles. The van der Waals surface area contributed by atoms with Gasteiger partial charge in [-0.2, -0.15) is 0 Å². The first kappa shape index (κ1) is 12.4. The van der Waals surface area contributed by atoms with Crippen LogP contribution >= 0.6 is 0 Å². The Morgan fingerprint density at radius 1 is 1.41 bits per heavy atom. The van der Waals surface area contributed by atoms with Crippen molar-refractivity contribution in [3.63, 3.8) is 0 Å². The molecule has 0 aromatic rings. The zero-order valence-corrected chi connectivity index (χ0v) is 11.3. The number of carbonyl (C=O) groups is 1. The van der Waals surface area contributed by atoms with E-state index in [4.69, 9.17) is 4.74 Å². The summed E-state index contributed by atoms with van der Waals surface area (Å²) in [4.78, 5) is 12.0. The molecule has 94 valence electrons. The summed E-state index contributed by atoms with van der Waals surface area (Å²) in [6.07, 6.45) is 2.92. The van der Waals surface area contributed by atoms with Crippen LogP contribution in [0.2, 0.25) is 0 Å².